The first-order chi connectivity index (χ1) is 8.02. The van der Waals surface area contributed by atoms with E-state index in [9.17, 15) is 0 Å². The lowest BCUT2D eigenvalue weighted by molar-refractivity contribution is 0.263. The van der Waals surface area contributed by atoms with Crippen LogP contribution in [0.5, 0.6) is 0 Å². The standard InChI is InChI=1S/C14H19N3/c1-14(2,3)12-5-7-17(10-12)13-9-16-6-4-11(13)8-15/h4,6,9,12H,5,7,10H2,1-3H3. The van der Waals surface area contributed by atoms with Crippen molar-refractivity contribution in [1.29, 1.82) is 5.26 Å². The Morgan fingerprint density at radius 3 is 2.82 bits per heavy atom. The van der Waals surface area contributed by atoms with E-state index in [1.165, 1.54) is 6.42 Å². The van der Waals surface area contributed by atoms with Gasteiger partial charge in [0.05, 0.1) is 17.4 Å². The third kappa shape index (κ3) is 2.41. The van der Waals surface area contributed by atoms with Crippen molar-refractivity contribution in [3.05, 3.63) is 24.0 Å². The van der Waals surface area contributed by atoms with Gasteiger partial charge in [0.25, 0.3) is 0 Å². The molecule has 0 amide bonds. The Hall–Kier alpha value is -1.56. The molecule has 17 heavy (non-hydrogen) atoms. The topological polar surface area (TPSA) is 39.9 Å². The Kier molecular flexibility index (Phi) is 3.06. The van der Waals surface area contributed by atoms with E-state index in [2.05, 4.69) is 36.7 Å². The molecule has 90 valence electrons. The van der Waals surface area contributed by atoms with E-state index >= 15 is 0 Å². The molecule has 1 saturated heterocycles. The van der Waals surface area contributed by atoms with Crippen molar-refractivity contribution in [2.24, 2.45) is 11.3 Å². The number of hydrogen-bond donors (Lipinski definition) is 0. The predicted molar refractivity (Wildman–Crippen MR) is 68.7 cm³/mol. The number of pyridine rings is 1. The van der Waals surface area contributed by atoms with Crippen LogP contribution in [0, 0.1) is 22.7 Å². The molecule has 1 fully saturated rings. The van der Waals surface area contributed by atoms with Gasteiger partial charge in [-0.05, 0) is 23.8 Å². The number of nitrogens with zero attached hydrogens (tertiary/aromatic N) is 3. The van der Waals surface area contributed by atoms with Gasteiger partial charge >= 0.3 is 0 Å². The van der Waals surface area contributed by atoms with Gasteiger partial charge < -0.3 is 4.90 Å². The molecule has 0 aromatic carbocycles. The zero-order chi connectivity index (χ0) is 12.5. The summed E-state index contributed by atoms with van der Waals surface area (Å²) in [5.74, 6) is 0.689. The summed E-state index contributed by atoms with van der Waals surface area (Å²) in [7, 11) is 0. The molecule has 1 atom stereocenters. The highest BCUT2D eigenvalue weighted by molar-refractivity contribution is 5.58. The van der Waals surface area contributed by atoms with Crippen molar-refractivity contribution < 1.29 is 0 Å². The molecule has 1 aromatic rings. The Bertz CT molecular complexity index is 440. The summed E-state index contributed by atoms with van der Waals surface area (Å²) in [5, 5.41) is 9.10. The van der Waals surface area contributed by atoms with Crippen LogP contribution in [0.4, 0.5) is 5.69 Å². The van der Waals surface area contributed by atoms with Gasteiger partial charge in [-0.1, -0.05) is 20.8 Å². The Balaban J connectivity index is 2.19. The third-order valence-corrected chi connectivity index (χ3v) is 3.67. The summed E-state index contributed by atoms with van der Waals surface area (Å²) in [6.45, 7) is 8.92. The van der Waals surface area contributed by atoms with Gasteiger partial charge in [0.1, 0.15) is 6.07 Å². The van der Waals surface area contributed by atoms with Crippen LogP contribution in [0.25, 0.3) is 0 Å². The van der Waals surface area contributed by atoms with Crippen molar-refractivity contribution in [1.82, 2.24) is 4.98 Å². The first kappa shape index (κ1) is 11.9. The highest BCUT2D eigenvalue weighted by atomic mass is 15.2. The number of nitriles is 1. The van der Waals surface area contributed by atoms with Crippen LogP contribution in [0.2, 0.25) is 0 Å². The Morgan fingerprint density at radius 1 is 1.47 bits per heavy atom. The van der Waals surface area contributed by atoms with Gasteiger partial charge in [-0.2, -0.15) is 5.26 Å². The second kappa shape index (κ2) is 4.37. The molecule has 3 heteroatoms. The molecule has 2 rings (SSSR count). The van der Waals surface area contributed by atoms with Gasteiger partial charge in [-0.25, -0.2) is 0 Å². The van der Waals surface area contributed by atoms with Crippen LogP contribution in [0.1, 0.15) is 32.8 Å². The predicted octanol–water partition coefficient (Wildman–Crippen LogP) is 2.83. The van der Waals surface area contributed by atoms with Crippen molar-refractivity contribution >= 4 is 5.69 Å². The maximum atomic E-state index is 9.10. The lowest BCUT2D eigenvalue weighted by Crippen LogP contribution is -2.26. The molecule has 0 radical (unpaired) electrons. The van der Waals surface area contributed by atoms with E-state index in [1.807, 2.05) is 6.20 Å². The van der Waals surface area contributed by atoms with Crippen molar-refractivity contribution in [3.8, 4) is 6.07 Å². The summed E-state index contributed by atoms with van der Waals surface area (Å²) >= 11 is 0. The van der Waals surface area contributed by atoms with E-state index in [4.69, 9.17) is 5.26 Å². The number of rotatable bonds is 1. The SMILES string of the molecule is CC(C)(C)C1CCN(c2cnccc2C#N)C1. The summed E-state index contributed by atoms with van der Waals surface area (Å²) in [4.78, 5) is 6.43. The van der Waals surface area contributed by atoms with Crippen LogP contribution in [0.15, 0.2) is 18.5 Å². The van der Waals surface area contributed by atoms with Gasteiger partial charge in [0.15, 0.2) is 0 Å². The molecule has 0 bridgehead atoms. The van der Waals surface area contributed by atoms with Crippen LogP contribution >= 0.6 is 0 Å². The Labute approximate surface area is 103 Å². The minimum absolute atomic E-state index is 0.337. The molecule has 0 aliphatic carbocycles. The average Bonchev–Trinajstić information content (AvgIpc) is 2.77. The van der Waals surface area contributed by atoms with E-state index in [-0.39, 0.29) is 0 Å². The zero-order valence-corrected chi connectivity index (χ0v) is 10.8. The fourth-order valence-electron chi connectivity index (χ4n) is 2.42. The van der Waals surface area contributed by atoms with Crippen LogP contribution in [0.3, 0.4) is 0 Å². The smallest absolute Gasteiger partial charge is 0.101 e. The fraction of sp³-hybridized carbons (Fsp3) is 0.571. The minimum Gasteiger partial charge on any atom is -0.369 e. The van der Waals surface area contributed by atoms with E-state index in [0.717, 1.165) is 24.3 Å². The van der Waals surface area contributed by atoms with Crippen LogP contribution in [-0.4, -0.2) is 18.1 Å². The maximum absolute atomic E-state index is 9.10. The monoisotopic (exact) mass is 229 g/mol. The van der Waals surface area contributed by atoms with Crippen molar-refractivity contribution in [2.75, 3.05) is 18.0 Å². The number of anilines is 1. The molecule has 0 saturated carbocycles. The van der Waals surface area contributed by atoms with E-state index < -0.39 is 0 Å². The summed E-state index contributed by atoms with van der Waals surface area (Å²) in [6.07, 6.45) is 4.69. The fourth-order valence-corrected chi connectivity index (χ4v) is 2.42. The van der Waals surface area contributed by atoms with Crippen LogP contribution < -0.4 is 4.90 Å². The normalized spacial score (nSPS) is 20.4. The maximum Gasteiger partial charge on any atom is 0.101 e. The summed E-state index contributed by atoms with van der Waals surface area (Å²) in [6, 6.07) is 4.04. The molecular formula is C14H19N3. The highest BCUT2D eigenvalue weighted by Gasteiger charge is 2.32. The molecule has 0 N–H and O–H groups in total. The molecule has 2 heterocycles. The molecular weight excluding hydrogens is 210 g/mol. The molecule has 3 nitrogen and oxygen atoms in total. The van der Waals surface area contributed by atoms with E-state index in [1.54, 1.807) is 12.3 Å². The lowest BCUT2D eigenvalue weighted by Gasteiger charge is -2.27. The third-order valence-electron chi connectivity index (χ3n) is 3.67. The van der Waals surface area contributed by atoms with Gasteiger partial charge in [-0.15, -0.1) is 0 Å². The zero-order valence-electron chi connectivity index (χ0n) is 10.8. The van der Waals surface area contributed by atoms with E-state index in [0.29, 0.717) is 11.3 Å². The average molecular weight is 229 g/mol. The lowest BCUT2D eigenvalue weighted by atomic mass is 9.80. The molecule has 1 aliphatic heterocycles. The number of hydrogen-bond acceptors (Lipinski definition) is 3. The highest BCUT2D eigenvalue weighted by Crippen LogP contribution is 2.36. The summed E-state index contributed by atoms with van der Waals surface area (Å²) < 4.78 is 0. The second-order valence-electron chi connectivity index (χ2n) is 5.80. The Morgan fingerprint density at radius 2 is 2.24 bits per heavy atom. The first-order valence-electron chi connectivity index (χ1n) is 6.11. The van der Waals surface area contributed by atoms with Gasteiger partial charge in [0, 0.05) is 19.3 Å². The van der Waals surface area contributed by atoms with Crippen LogP contribution in [-0.2, 0) is 0 Å². The summed E-state index contributed by atoms with van der Waals surface area (Å²) in [5.41, 5.74) is 2.06. The molecule has 1 unspecified atom stereocenters. The quantitative estimate of drug-likeness (QED) is 0.743. The largest absolute Gasteiger partial charge is 0.369 e. The molecule has 0 spiro atoms. The number of aromatic nitrogens is 1. The first-order valence-corrected chi connectivity index (χ1v) is 6.11. The van der Waals surface area contributed by atoms with Crippen molar-refractivity contribution in [2.45, 2.75) is 27.2 Å². The van der Waals surface area contributed by atoms with Gasteiger partial charge in [-0.3, -0.25) is 4.98 Å². The molecule has 1 aromatic heterocycles. The van der Waals surface area contributed by atoms with Crippen molar-refractivity contribution in [3.63, 3.8) is 0 Å². The minimum atomic E-state index is 0.337. The molecule has 1 aliphatic rings. The van der Waals surface area contributed by atoms with Gasteiger partial charge in [0.2, 0.25) is 0 Å². The second-order valence-corrected chi connectivity index (χ2v) is 5.80.